The first-order valence-electron chi connectivity index (χ1n) is 10.4. The van der Waals surface area contributed by atoms with Crippen molar-refractivity contribution in [1.82, 2.24) is 14.5 Å². The maximum absolute atomic E-state index is 13.7. The standard InChI is InChI=1S/C24H26ClN3O2/c1-17-14-21(29)22(24(30)28(17)16-20-10-3-4-11-26-20)23(27-12-5-2-6-13-27)18-8-7-9-19(25)15-18/h3-4,7-11,14-15,23,29H,2,5-6,12-13,16H2,1H3/t23-/m1/s1. The number of rotatable bonds is 5. The van der Waals surface area contributed by atoms with Gasteiger partial charge in [-0.05, 0) is 68.8 Å². The van der Waals surface area contributed by atoms with Crippen molar-refractivity contribution in [2.24, 2.45) is 0 Å². The van der Waals surface area contributed by atoms with Crippen molar-refractivity contribution in [3.05, 3.63) is 92.6 Å². The van der Waals surface area contributed by atoms with Crippen molar-refractivity contribution in [2.75, 3.05) is 13.1 Å². The second kappa shape index (κ2) is 9.02. The SMILES string of the molecule is Cc1cc(O)c([C@@H](c2cccc(Cl)c2)N2CCCCC2)c(=O)n1Cc1ccccn1. The smallest absolute Gasteiger partial charge is 0.260 e. The molecule has 0 radical (unpaired) electrons. The van der Waals surface area contributed by atoms with Crippen LogP contribution in [0.25, 0.3) is 0 Å². The quantitative estimate of drug-likeness (QED) is 0.654. The van der Waals surface area contributed by atoms with Gasteiger partial charge in [0.05, 0.1) is 23.8 Å². The molecule has 156 valence electrons. The van der Waals surface area contributed by atoms with E-state index in [0.717, 1.165) is 37.2 Å². The minimum atomic E-state index is -0.341. The first-order valence-corrected chi connectivity index (χ1v) is 10.7. The van der Waals surface area contributed by atoms with E-state index in [0.29, 0.717) is 22.8 Å². The van der Waals surface area contributed by atoms with E-state index in [1.54, 1.807) is 16.8 Å². The van der Waals surface area contributed by atoms with Crippen LogP contribution in [-0.4, -0.2) is 32.6 Å². The Kier molecular flexibility index (Phi) is 6.21. The van der Waals surface area contributed by atoms with E-state index in [1.165, 1.54) is 6.42 Å². The number of aryl methyl sites for hydroxylation is 1. The summed E-state index contributed by atoms with van der Waals surface area (Å²) in [6.07, 6.45) is 5.06. The molecule has 6 heteroatoms. The lowest BCUT2D eigenvalue weighted by atomic mass is 9.94. The highest BCUT2D eigenvalue weighted by Gasteiger charge is 2.30. The Bertz CT molecular complexity index is 1080. The average molecular weight is 424 g/mol. The average Bonchev–Trinajstić information content (AvgIpc) is 2.75. The Morgan fingerprint density at radius 3 is 2.60 bits per heavy atom. The van der Waals surface area contributed by atoms with Crippen LogP contribution in [0.1, 0.15) is 47.8 Å². The van der Waals surface area contributed by atoms with E-state index in [9.17, 15) is 9.90 Å². The first-order chi connectivity index (χ1) is 14.5. The van der Waals surface area contributed by atoms with Crippen molar-refractivity contribution in [2.45, 2.75) is 38.8 Å². The molecule has 3 aromatic rings. The van der Waals surface area contributed by atoms with Crippen molar-refractivity contribution < 1.29 is 5.11 Å². The molecular formula is C24H26ClN3O2. The number of pyridine rings is 2. The second-order valence-electron chi connectivity index (χ2n) is 7.85. The molecule has 1 atom stereocenters. The monoisotopic (exact) mass is 423 g/mol. The van der Waals surface area contributed by atoms with Crippen LogP contribution in [0.15, 0.2) is 59.5 Å². The lowest BCUT2D eigenvalue weighted by Gasteiger charge is -2.35. The number of halogens is 1. The minimum absolute atomic E-state index is 0.0327. The molecule has 4 rings (SSSR count). The molecule has 0 amide bonds. The Labute approximate surface area is 181 Å². The summed E-state index contributed by atoms with van der Waals surface area (Å²) in [6, 6.07) is 14.6. The van der Waals surface area contributed by atoms with Crippen LogP contribution in [0.2, 0.25) is 5.02 Å². The number of nitrogens with zero attached hydrogens (tertiary/aromatic N) is 3. The van der Waals surface area contributed by atoms with E-state index in [4.69, 9.17) is 11.6 Å². The highest BCUT2D eigenvalue weighted by Crippen LogP contribution is 2.35. The molecule has 1 aliphatic heterocycles. The van der Waals surface area contributed by atoms with Crippen LogP contribution in [0, 0.1) is 6.92 Å². The molecule has 0 spiro atoms. The van der Waals surface area contributed by atoms with Gasteiger partial charge in [-0.1, -0.05) is 36.2 Å². The molecule has 1 aromatic carbocycles. The molecule has 1 saturated heterocycles. The lowest BCUT2D eigenvalue weighted by Crippen LogP contribution is -2.39. The van der Waals surface area contributed by atoms with Gasteiger partial charge >= 0.3 is 0 Å². The summed E-state index contributed by atoms with van der Waals surface area (Å²) in [5.41, 5.74) is 2.64. The zero-order chi connectivity index (χ0) is 21.1. The maximum Gasteiger partial charge on any atom is 0.260 e. The predicted molar refractivity (Wildman–Crippen MR) is 119 cm³/mol. The van der Waals surface area contributed by atoms with Gasteiger partial charge in [-0.15, -0.1) is 0 Å². The molecule has 1 fully saturated rings. The normalized spacial score (nSPS) is 15.8. The molecular weight excluding hydrogens is 398 g/mol. The third-order valence-corrected chi connectivity index (χ3v) is 6.00. The topological polar surface area (TPSA) is 58.4 Å². The third-order valence-electron chi connectivity index (χ3n) is 5.76. The van der Waals surface area contributed by atoms with Gasteiger partial charge < -0.3 is 9.67 Å². The number of aromatic hydroxyl groups is 1. The first kappa shape index (κ1) is 20.6. The zero-order valence-electron chi connectivity index (χ0n) is 17.1. The highest BCUT2D eigenvalue weighted by molar-refractivity contribution is 6.30. The number of piperidine rings is 1. The number of benzene rings is 1. The molecule has 0 aliphatic carbocycles. The molecule has 30 heavy (non-hydrogen) atoms. The Hall–Kier alpha value is -2.63. The number of aromatic nitrogens is 2. The summed E-state index contributed by atoms with van der Waals surface area (Å²) < 4.78 is 1.69. The third kappa shape index (κ3) is 4.27. The van der Waals surface area contributed by atoms with Crippen molar-refractivity contribution in [3.63, 3.8) is 0 Å². The summed E-state index contributed by atoms with van der Waals surface area (Å²) in [5.74, 6) is 0.0327. The number of hydrogen-bond acceptors (Lipinski definition) is 4. The zero-order valence-corrected chi connectivity index (χ0v) is 17.8. The van der Waals surface area contributed by atoms with Gasteiger partial charge in [0.2, 0.25) is 0 Å². The van der Waals surface area contributed by atoms with Gasteiger partial charge in [-0.25, -0.2) is 0 Å². The molecule has 1 N–H and O–H groups in total. The van der Waals surface area contributed by atoms with Crippen LogP contribution >= 0.6 is 11.6 Å². The van der Waals surface area contributed by atoms with Crippen LogP contribution < -0.4 is 5.56 Å². The van der Waals surface area contributed by atoms with E-state index >= 15 is 0 Å². The van der Waals surface area contributed by atoms with Gasteiger partial charge in [-0.3, -0.25) is 14.7 Å². The van der Waals surface area contributed by atoms with Gasteiger partial charge in [0.15, 0.2) is 0 Å². The Balaban J connectivity index is 1.85. The number of likely N-dealkylation sites (tertiary alicyclic amines) is 1. The summed E-state index contributed by atoms with van der Waals surface area (Å²) in [4.78, 5) is 20.3. The Morgan fingerprint density at radius 1 is 1.10 bits per heavy atom. The summed E-state index contributed by atoms with van der Waals surface area (Å²) in [5, 5.41) is 11.5. The van der Waals surface area contributed by atoms with E-state index < -0.39 is 0 Å². The summed E-state index contributed by atoms with van der Waals surface area (Å²) in [6.45, 7) is 3.96. The largest absolute Gasteiger partial charge is 0.507 e. The summed E-state index contributed by atoms with van der Waals surface area (Å²) >= 11 is 6.29. The molecule has 5 nitrogen and oxygen atoms in total. The predicted octanol–water partition coefficient (Wildman–Crippen LogP) is 4.53. The van der Waals surface area contributed by atoms with Gasteiger partial charge in [0.25, 0.3) is 5.56 Å². The lowest BCUT2D eigenvalue weighted by molar-refractivity contribution is 0.183. The fourth-order valence-electron chi connectivity index (χ4n) is 4.29. The van der Waals surface area contributed by atoms with E-state index in [2.05, 4.69) is 9.88 Å². The molecule has 1 aliphatic rings. The van der Waals surface area contributed by atoms with Crippen molar-refractivity contribution in [1.29, 1.82) is 0 Å². The second-order valence-corrected chi connectivity index (χ2v) is 8.29. The van der Waals surface area contributed by atoms with Gasteiger partial charge in [0.1, 0.15) is 5.75 Å². The molecule has 0 unspecified atom stereocenters. The Morgan fingerprint density at radius 2 is 1.90 bits per heavy atom. The van der Waals surface area contributed by atoms with Crippen LogP contribution in [0.3, 0.4) is 0 Å². The van der Waals surface area contributed by atoms with Crippen molar-refractivity contribution >= 4 is 11.6 Å². The van der Waals surface area contributed by atoms with Crippen LogP contribution in [0.4, 0.5) is 0 Å². The van der Waals surface area contributed by atoms with Crippen LogP contribution in [-0.2, 0) is 6.54 Å². The minimum Gasteiger partial charge on any atom is -0.507 e. The van der Waals surface area contributed by atoms with Crippen LogP contribution in [0.5, 0.6) is 5.75 Å². The molecule has 0 saturated carbocycles. The fraction of sp³-hybridized carbons (Fsp3) is 0.333. The molecule has 0 bridgehead atoms. The highest BCUT2D eigenvalue weighted by atomic mass is 35.5. The van der Waals surface area contributed by atoms with Gasteiger partial charge in [0, 0.05) is 16.9 Å². The van der Waals surface area contributed by atoms with Gasteiger partial charge in [-0.2, -0.15) is 0 Å². The fourth-order valence-corrected chi connectivity index (χ4v) is 4.49. The van der Waals surface area contributed by atoms with E-state index in [-0.39, 0.29) is 17.4 Å². The van der Waals surface area contributed by atoms with Crippen molar-refractivity contribution in [3.8, 4) is 5.75 Å². The van der Waals surface area contributed by atoms with E-state index in [1.807, 2.05) is 49.4 Å². The molecule has 3 heterocycles. The number of hydrogen-bond donors (Lipinski definition) is 1. The summed E-state index contributed by atoms with van der Waals surface area (Å²) in [7, 11) is 0. The molecule has 2 aromatic heterocycles. The maximum atomic E-state index is 13.7.